The van der Waals surface area contributed by atoms with E-state index in [1.807, 2.05) is 0 Å². The van der Waals surface area contributed by atoms with Gasteiger partial charge in [0.2, 0.25) is 6.41 Å². The Morgan fingerprint density at radius 3 is 3.00 bits per heavy atom. The number of nitrogens with zero attached hydrogens (tertiary/aromatic N) is 2. The van der Waals surface area contributed by atoms with E-state index in [0.29, 0.717) is 22.8 Å². The zero-order valence-corrected chi connectivity index (χ0v) is 8.48. The minimum atomic E-state index is 0.555. The highest BCUT2D eigenvalue weighted by Crippen LogP contribution is 2.27. The summed E-state index contributed by atoms with van der Waals surface area (Å²) < 4.78 is 1.74. The van der Waals surface area contributed by atoms with Crippen LogP contribution in [-0.4, -0.2) is 16.0 Å². The molecule has 76 valence electrons. The molecular weight excluding hydrogens is 214 g/mol. The van der Waals surface area contributed by atoms with Crippen LogP contribution in [0.5, 0.6) is 0 Å². The van der Waals surface area contributed by atoms with Gasteiger partial charge in [0, 0.05) is 12.4 Å². The molecule has 0 atom stereocenters. The summed E-state index contributed by atoms with van der Waals surface area (Å²) in [5.41, 5.74) is 1.36. The van der Waals surface area contributed by atoms with E-state index in [1.165, 1.54) is 0 Å². The highest BCUT2D eigenvalue weighted by molar-refractivity contribution is 6.33. The molecule has 0 radical (unpaired) electrons. The van der Waals surface area contributed by atoms with Crippen molar-refractivity contribution in [1.29, 1.82) is 0 Å². The van der Waals surface area contributed by atoms with E-state index in [0.717, 1.165) is 0 Å². The van der Waals surface area contributed by atoms with Crippen LogP contribution in [0.4, 0.5) is 5.69 Å². The highest BCUT2D eigenvalue weighted by atomic mass is 35.5. The number of hydrogen-bond donors (Lipinski definition) is 1. The van der Waals surface area contributed by atoms with Crippen LogP contribution >= 0.6 is 11.6 Å². The van der Waals surface area contributed by atoms with Crippen LogP contribution in [0.1, 0.15) is 0 Å². The Balaban J connectivity index is 2.57. The summed E-state index contributed by atoms with van der Waals surface area (Å²) in [5, 5.41) is 3.15. The van der Waals surface area contributed by atoms with Crippen LogP contribution < -0.4 is 5.32 Å². The number of rotatable bonds is 3. The van der Waals surface area contributed by atoms with Crippen molar-refractivity contribution in [2.75, 3.05) is 5.32 Å². The van der Waals surface area contributed by atoms with E-state index in [9.17, 15) is 4.79 Å². The van der Waals surface area contributed by atoms with E-state index in [-0.39, 0.29) is 0 Å². The van der Waals surface area contributed by atoms with Gasteiger partial charge in [-0.2, -0.15) is 0 Å². The van der Waals surface area contributed by atoms with Crippen molar-refractivity contribution < 1.29 is 4.79 Å². The first-order chi connectivity index (χ1) is 7.33. The molecule has 0 unspecified atom stereocenters. The molecule has 2 aromatic rings. The zero-order chi connectivity index (χ0) is 10.7. The van der Waals surface area contributed by atoms with E-state index < -0.39 is 0 Å². The lowest BCUT2D eigenvalue weighted by atomic mass is 10.2. The Labute approximate surface area is 91.5 Å². The Hall–Kier alpha value is -1.81. The number of carbonyl (C=O) groups excluding carboxylic acids is 1. The lowest BCUT2D eigenvalue weighted by molar-refractivity contribution is -0.105. The molecule has 0 aliphatic heterocycles. The van der Waals surface area contributed by atoms with Crippen molar-refractivity contribution in [2.45, 2.75) is 0 Å². The van der Waals surface area contributed by atoms with Crippen molar-refractivity contribution in [1.82, 2.24) is 9.55 Å². The smallest absolute Gasteiger partial charge is 0.211 e. The van der Waals surface area contributed by atoms with Crippen molar-refractivity contribution in [2.24, 2.45) is 0 Å². The predicted molar refractivity (Wildman–Crippen MR) is 58.3 cm³/mol. The van der Waals surface area contributed by atoms with Crippen LogP contribution in [-0.2, 0) is 4.79 Å². The van der Waals surface area contributed by atoms with Gasteiger partial charge in [0.15, 0.2) is 0 Å². The molecule has 0 saturated heterocycles. The van der Waals surface area contributed by atoms with Gasteiger partial charge in [-0.15, -0.1) is 0 Å². The number of hydrogen-bond acceptors (Lipinski definition) is 2. The van der Waals surface area contributed by atoms with Crippen molar-refractivity contribution in [3.63, 3.8) is 0 Å². The molecule has 0 saturated carbocycles. The number of amides is 1. The van der Waals surface area contributed by atoms with Gasteiger partial charge in [-0.1, -0.05) is 17.7 Å². The molecule has 1 heterocycles. The maximum Gasteiger partial charge on any atom is 0.211 e. The molecule has 15 heavy (non-hydrogen) atoms. The third-order valence-electron chi connectivity index (χ3n) is 1.96. The normalized spacial score (nSPS) is 9.93. The van der Waals surface area contributed by atoms with E-state index in [1.54, 1.807) is 41.5 Å². The van der Waals surface area contributed by atoms with Crippen LogP contribution in [0, 0.1) is 0 Å². The van der Waals surface area contributed by atoms with Gasteiger partial charge in [0.25, 0.3) is 0 Å². The molecular formula is C10H8ClN3O. The minimum absolute atomic E-state index is 0.555. The van der Waals surface area contributed by atoms with Crippen LogP contribution in [0.2, 0.25) is 5.02 Å². The fourth-order valence-electron chi connectivity index (χ4n) is 1.35. The van der Waals surface area contributed by atoms with Gasteiger partial charge in [-0.05, 0) is 12.1 Å². The van der Waals surface area contributed by atoms with Crippen LogP contribution in [0.25, 0.3) is 5.69 Å². The molecule has 0 fully saturated rings. The van der Waals surface area contributed by atoms with Gasteiger partial charge in [-0.25, -0.2) is 4.98 Å². The quantitative estimate of drug-likeness (QED) is 0.807. The molecule has 4 nitrogen and oxygen atoms in total. The lowest BCUT2D eigenvalue weighted by Gasteiger charge is -2.10. The number of anilines is 1. The predicted octanol–water partition coefficient (Wildman–Crippen LogP) is 2.09. The Morgan fingerprint density at radius 2 is 2.33 bits per heavy atom. The maximum atomic E-state index is 10.4. The summed E-state index contributed by atoms with van der Waals surface area (Å²) in [5.74, 6) is 0. The first-order valence-electron chi connectivity index (χ1n) is 4.30. The molecule has 0 spiro atoms. The van der Waals surface area contributed by atoms with Gasteiger partial charge in [0.1, 0.15) is 0 Å². The summed E-state index contributed by atoms with van der Waals surface area (Å²) in [6.07, 6.45) is 5.65. The topological polar surface area (TPSA) is 46.9 Å². The molecule has 1 amide bonds. The molecule has 0 aliphatic carbocycles. The second-order valence-electron chi connectivity index (χ2n) is 2.87. The minimum Gasteiger partial charge on any atom is -0.327 e. The number of nitrogens with one attached hydrogen (secondary N) is 1. The number of imidazole rings is 1. The average Bonchev–Trinajstić information content (AvgIpc) is 2.71. The first-order valence-corrected chi connectivity index (χ1v) is 4.68. The van der Waals surface area contributed by atoms with Crippen LogP contribution in [0.15, 0.2) is 36.9 Å². The molecule has 0 bridgehead atoms. The SMILES string of the molecule is O=CNc1cccc(Cl)c1-n1ccnc1. The fourth-order valence-corrected chi connectivity index (χ4v) is 1.62. The molecule has 5 heteroatoms. The zero-order valence-electron chi connectivity index (χ0n) is 7.72. The third kappa shape index (κ3) is 1.85. The average molecular weight is 222 g/mol. The number of benzene rings is 1. The number of halogens is 1. The summed E-state index contributed by atoms with van der Waals surface area (Å²) in [4.78, 5) is 14.4. The monoisotopic (exact) mass is 221 g/mol. The molecule has 0 aliphatic rings. The van der Waals surface area contributed by atoms with Crippen molar-refractivity contribution in [3.05, 3.63) is 41.9 Å². The van der Waals surface area contributed by atoms with Crippen LogP contribution in [0.3, 0.4) is 0 Å². The van der Waals surface area contributed by atoms with Gasteiger partial charge in [-0.3, -0.25) is 4.79 Å². The van der Waals surface area contributed by atoms with Crippen molar-refractivity contribution >= 4 is 23.7 Å². The van der Waals surface area contributed by atoms with Crippen molar-refractivity contribution in [3.8, 4) is 5.69 Å². The molecule has 1 N–H and O–H groups in total. The second kappa shape index (κ2) is 4.14. The number of aromatic nitrogens is 2. The first kappa shape index (κ1) is 9.73. The molecule has 2 rings (SSSR count). The number of carbonyl (C=O) groups is 1. The van der Waals surface area contributed by atoms with E-state index in [2.05, 4.69) is 10.3 Å². The summed E-state index contributed by atoms with van der Waals surface area (Å²) in [7, 11) is 0. The van der Waals surface area contributed by atoms with Gasteiger partial charge < -0.3 is 9.88 Å². The lowest BCUT2D eigenvalue weighted by Crippen LogP contribution is -2.01. The third-order valence-corrected chi connectivity index (χ3v) is 2.27. The molecule has 1 aromatic carbocycles. The standard InChI is InChI=1S/C10H8ClN3O/c11-8-2-1-3-9(13-7-15)10(8)14-5-4-12-6-14/h1-7H,(H,13,15). The Bertz CT molecular complexity index is 468. The summed E-state index contributed by atoms with van der Waals surface area (Å²) in [6.45, 7) is 0. The maximum absolute atomic E-state index is 10.4. The number of para-hydroxylation sites is 1. The Kier molecular flexibility index (Phi) is 2.69. The van der Waals surface area contributed by atoms with E-state index in [4.69, 9.17) is 11.6 Å². The van der Waals surface area contributed by atoms with E-state index >= 15 is 0 Å². The summed E-state index contributed by atoms with van der Waals surface area (Å²) in [6, 6.07) is 5.30. The highest BCUT2D eigenvalue weighted by Gasteiger charge is 2.07. The van der Waals surface area contributed by atoms with Gasteiger partial charge in [0.05, 0.1) is 22.7 Å². The largest absolute Gasteiger partial charge is 0.327 e. The van der Waals surface area contributed by atoms with Gasteiger partial charge >= 0.3 is 0 Å². The summed E-state index contributed by atoms with van der Waals surface area (Å²) >= 11 is 6.05. The second-order valence-corrected chi connectivity index (χ2v) is 3.28. The molecule has 1 aromatic heterocycles. The Morgan fingerprint density at radius 1 is 1.47 bits per heavy atom. The fraction of sp³-hybridized carbons (Fsp3) is 0.